The molecule has 0 saturated carbocycles. The van der Waals surface area contributed by atoms with Gasteiger partial charge < -0.3 is 10.0 Å². The van der Waals surface area contributed by atoms with E-state index in [9.17, 15) is 23.5 Å². The molecule has 5 rings (SSSR count). The van der Waals surface area contributed by atoms with Crippen molar-refractivity contribution < 1.29 is 18.7 Å². The van der Waals surface area contributed by atoms with Gasteiger partial charge in [-0.3, -0.25) is 14.2 Å². The van der Waals surface area contributed by atoms with Crippen molar-refractivity contribution in [3.8, 4) is 11.3 Å². The molecule has 0 unspecified atom stereocenters. The Kier molecular flexibility index (Phi) is 7.12. The minimum atomic E-state index is -2.66. The second-order valence-electron chi connectivity index (χ2n) is 9.41. The van der Waals surface area contributed by atoms with Crippen molar-refractivity contribution in [3.63, 3.8) is 0 Å². The number of nitrogens with zero attached hydrogens (tertiary/aromatic N) is 4. The summed E-state index contributed by atoms with van der Waals surface area (Å²) in [7, 11) is 0. The minimum absolute atomic E-state index is 0.0268. The first-order valence-corrected chi connectivity index (χ1v) is 12.9. The number of likely N-dealkylation sites (tertiary alicyclic amines) is 1. The monoisotopic (exact) mass is 524 g/mol. The van der Waals surface area contributed by atoms with Crippen molar-refractivity contribution in [2.24, 2.45) is 0 Å². The number of benzene rings is 2. The maximum Gasteiger partial charge on any atom is 0.273 e. The normalized spacial score (nSPS) is 16.3. The van der Waals surface area contributed by atoms with Gasteiger partial charge in [0, 0.05) is 25.1 Å². The molecule has 3 heterocycles. The summed E-state index contributed by atoms with van der Waals surface area (Å²) in [6.07, 6.45) is -1.07. The Labute approximate surface area is 216 Å². The van der Waals surface area contributed by atoms with Crippen molar-refractivity contribution in [1.82, 2.24) is 18.8 Å². The van der Waals surface area contributed by atoms with Gasteiger partial charge in [0.05, 0.1) is 24.4 Å². The van der Waals surface area contributed by atoms with Crippen molar-refractivity contribution >= 4 is 27.7 Å². The standard InChI is InChI=1S/C27H26F2N4O3S/c28-25(29)20(18-7-3-1-4-8-18)15-21(34)32-13-11-27(36,12-14-32)16-33-17-30-23-22(19-9-5-2-6-10-19)31-37-24(23)26(33)35/h1-10,17,20,25,36H,11-16H2/t20-/m1/s1. The third kappa shape index (κ3) is 5.30. The number of amides is 1. The topological polar surface area (TPSA) is 88.3 Å². The first-order valence-electron chi connectivity index (χ1n) is 12.1. The predicted octanol–water partition coefficient (Wildman–Crippen LogP) is 4.31. The maximum absolute atomic E-state index is 13.7. The van der Waals surface area contributed by atoms with Gasteiger partial charge in [0.25, 0.3) is 5.56 Å². The van der Waals surface area contributed by atoms with Crippen LogP contribution in [0.1, 0.15) is 30.7 Å². The van der Waals surface area contributed by atoms with Crippen LogP contribution < -0.4 is 5.56 Å². The molecule has 7 nitrogen and oxygen atoms in total. The number of piperidine rings is 1. The number of aromatic nitrogens is 3. The van der Waals surface area contributed by atoms with Crippen LogP contribution in [0.4, 0.5) is 8.78 Å². The van der Waals surface area contributed by atoms with E-state index in [1.807, 2.05) is 30.3 Å². The SMILES string of the molecule is O=C(C[C@H](c1ccccc1)C(F)F)N1CCC(O)(Cn2cnc3c(-c4ccccc4)nsc3c2=O)CC1. The first-order chi connectivity index (χ1) is 17.8. The van der Waals surface area contributed by atoms with E-state index in [0.29, 0.717) is 21.5 Å². The Morgan fingerprint density at radius 2 is 1.70 bits per heavy atom. The summed E-state index contributed by atoms with van der Waals surface area (Å²) in [5, 5.41) is 11.2. The van der Waals surface area contributed by atoms with E-state index < -0.39 is 17.9 Å². The molecule has 1 amide bonds. The number of fused-ring (bicyclic) bond motifs is 1. The molecule has 1 N–H and O–H groups in total. The van der Waals surface area contributed by atoms with Crippen molar-refractivity contribution in [2.45, 2.75) is 43.8 Å². The molecule has 2 aromatic carbocycles. The van der Waals surface area contributed by atoms with Gasteiger partial charge in [0.15, 0.2) is 0 Å². The van der Waals surface area contributed by atoms with Gasteiger partial charge in [-0.25, -0.2) is 13.8 Å². The highest BCUT2D eigenvalue weighted by molar-refractivity contribution is 7.13. The fourth-order valence-corrected chi connectivity index (χ4v) is 5.58. The van der Waals surface area contributed by atoms with Crippen LogP contribution in [0.5, 0.6) is 0 Å². The molecular formula is C27H26F2N4O3S. The fraction of sp³-hybridized carbons (Fsp3) is 0.333. The lowest BCUT2D eigenvalue weighted by Gasteiger charge is -2.38. The van der Waals surface area contributed by atoms with Gasteiger partial charge >= 0.3 is 0 Å². The van der Waals surface area contributed by atoms with E-state index in [-0.39, 0.29) is 50.4 Å². The van der Waals surface area contributed by atoms with E-state index in [1.165, 1.54) is 15.8 Å². The van der Waals surface area contributed by atoms with Crippen LogP contribution in [0.15, 0.2) is 71.8 Å². The van der Waals surface area contributed by atoms with Gasteiger partial charge in [-0.05, 0) is 29.9 Å². The number of alkyl halides is 2. The molecule has 37 heavy (non-hydrogen) atoms. The Morgan fingerprint density at radius 3 is 2.35 bits per heavy atom. The zero-order valence-electron chi connectivity index (χ0n) is 20.0. The predicted molar refractivity (Wildman–Crippen MR) is 138 cm³/mol. The lowest BCUT2D eigenvalue weighted by atomic mass is 9.90. The highest BCUT2D eigenvalue weighted by Crippen LogP contribution is 2.31. The average Bonchev–Trinajstić information content (AvgIpc) is 3.35. The number of aliphatic hydroxyl groups is 1. The zero-order valence-corrected chi connectivity index (χ0v) is 20.8. The lowest BCUT2D eigenvalue weighted by molar-refractivity contribution is -0.137. The number of hydrogen-bond acceptors (Lipinski definition) is 6. The largest absolute Gasteiger partial charge is 0.388 e. The molecule has 10 heteroatoms. The van der Waals surface area contributed by atoms with Crippen LogP contribution in [0, 0.1) is 0 Å². The highest BCUT2D eigenvalue weighted by Gasteiger charge is 2.36. The third-order valence-electron chi connectivity index (χ3n) is 6.93. The first kappa shape index (κ1) is 25.2. The van der Waals surface area contributed by atoms with E-state index in [1.54, 1.807) is 30.3 Å². The van der Waals surface area contributed by atoms with Crippen LogP contribution in [0.3, 0.4) is 0 Å². The van der Waals surface area contributed by atoms with Crippen LogP contribution in [-0.4, -0.2) is 55.0 Å². The Balaban J connectivity index is 1.25. The van der Waals surface area contributed by atoms with Crippen LogP contribution in [-0.2, 0) is 11.3 Å². The maximum atomic E-state index is 13.7. The lowest BCUT2D eigenvalue weighted by Crippen LogP contribution is -2.50. The zero-order chi connectivity index (χ0) is 26.0. The number of carbonyl (C=O) groups excluding carboxylic acids is 1. The van der Waals surface area contributed by atoms with Gasteiger partial charge in [-0.15, -0.1) is 0 Å². The summed E-state index contributed by atoms with van der Waals surface area (Å²) in [4.78, 5) is 31.9. The molecule has 0 bridgehead atoms. The average molecular weight is 525 g/mol. The van der Waals surface area contributed by atoms with E-state index >= 15 is 0 Å². The Hall–Kier alpha value is -3.50. The van der Waals surface area contributed by atoms with E-state index in [0.717, 1.165) is 17.1 Å². The summed E-state index contributed by atoms with van der Waals surface area (Å²) >= 11 is 1.08. The van der Waals surface area contributed by atoms with Gasteiger partial charge in [-0.2, -0.15) is 4.37 Å². The molecule has 1 aliphatic heterocycles. The van der Waals surface area contributed by atoms with E-state index in [2.05, 4.69) is 9.36 Å². The van der Waals surface area contributed by atoms with Gasteiger partial charge in [-0.1, -0.05) is 60.7 Å². The molecular weight excluding hydrogens is 498 g/mol. The Bertz CT molecular complexity index is 1430. The number of hydrogen-bond donors (Lipinski definition) is 1. The molecule has 0 aliphatic carbocycles. The van der Waals surface area contributed by atoms with Crippen molar-refractivity contribution in [3.05, 3.63) is 82.9 Å². The number of carbonyl (C=O) groups is 1. The molecule has 0 spiro atoms. The molecule has 192 valence electrons. The fourth-order valence-electron chi connectivity index (χ4n) is 4.77. The second kappa shape index (κ2) is 10.5. The van der Waals surface area contributed by atoms with Crippen LogP contribution in [0.2, 0.25) is 0 Å². The van der Waals surface area contributed by atoms with E-state index in [4.69, 9.17) is 0 Å². The molecule has 1 aliphatic rings. The summed E-state index contributed by atoms with van der Waals surface area (Å²) in [5.41, 5.74) is 0.976. The molecule has 1 atom stereocenters. The summed E-state index contributed by atoms with van der Waals surface area (Å²) < 4.78 is 33.6. The Morgan fingerprint density at radius 1 is 1.05 bits per heavy atom. The second-order valence-corrected chi connectivity index (χ2v) is 10.2. The van der Waals surface area contributed by atoms with Crippen LogP contribution in [0.25, 0.3) is 21.5 Å². The third-order valence-corrected chi connectivity index (χ3v) is 7.76. The molecule has 1 fully saturated rings. The quantitative estimate of drug-likeness (QED) is 0.389. The molecule has 2 aromatic heterocycles. The summed E-state index contributed by atoms with van der Waals surface area (Å²) in [5.74, 6) is -1.54. The molecule has 0 radical (unpaired) electrons. The van der Waals surface area contributed by atoms with Gasteiger partial charge in [0.1, 0.15) is 15.9 Å². The van der Waals surface area contributed by atoms with Gasteiger partial charge in [0.2, 0.25) is 12.3 Å². The number of halogens is 2. The van der Waals surface area contributed by atoms with Crippen molar-refractivity contribution in [2.75, 3.05) is 13.1 Å². The summed E-state index contributed by atoms with van der Waals surface area (Å²) in [6, 6.07) is 17.8. The molecule has 4 aromatic rings. The molecule has 1 saturated heterocycles. The minimum Gasteiger partial charge on any atom is -0.388 e. The van der Waals surface area contributed by atoms with Crippen molar-refractivity contribution in [1.29, 1.82) is 0 Å². The highest BCUT2D eigenvalue weighted by atomic mass is 32.1. The smallest absolute Gasteiger partial charge is 0.273 e. The van der Waals surface area contributed by atoms with Crippen LogP contribution >= 0.6 is 11.5 Å². The summed E-state index contributed by atoms with van der Waals surface area (Å²) in [6.45, 7) is 0.478. The number of rotatable bonds is 7.